The molecule has 2 rings (SSSR count). The number of aliphatic hydroxyl groups excluding tert-OH is 1. The number of nitrogens with one attached hydrogen (secondary N) is 1. The lowest BCUT2D eigenvalue weighted by Gasteiger charge is -2.01. The average molecular weight is 182 g/mol. The molecule has 0 fully saturated rings. The summed E-state index contributed by atoms with van der Waals surface area (Å²) in [6.45, 7) is 0. The molecule has 2 N–H and O–H groups in total. The zero-order chi connectivity index (χ0) is 8.55. The van der Waals surface area contributed by atoms with E-state index in [0.29, 0.717) is 5.56 Å². The summed E-state index contributed by atoms with van der Waals surface area (Å²) < 4.78 is 0. The average Bonchev–Trinajstić information content (AvgIpc) is 2.49. The molecule has 0 aliphatic heterocycles. The van der Waals surface area contributed by atoms with E-state index in [0.717, 1.165) is 10.9 Å². The maximum Gasteiger partial charge on any atom is 0.153 e. The first-order valence-electron chi connectivity index (χ1n) is 3.66. The first-order chi connectivity index (χ1) is 5.77. The number of alkyl halides is 1. The molecule has 1 atom stereocenters. The van der Waals surface area contributed by atoms with E-state index < -0.39 is 5.56 Å². The molecule has 0 radical (unpaired) electrons. The summed E-state index contributed by atoms with van der Waals surface area (Å²) in [5, 5.41) is 10.2. The third-order valence-corrected chi connectivity index (χ3v) is 2.11. The van der Waals surface area contributed by atoms with Crippen LogP contribution in [0.1, 0.15) is 11.1 Å². The largest absolute Gasteiger partial charge is 0.373 e. The summed E-state index contributed by atoms with van der Waals surface area (Å²) in [6, 6.07) is 7.55. The minimum atomic E-state index is -0.919. The second kappa shape index (κ2) is 2.81. The Labute approximate surface area is 74.8 Å². The number of H-pyrrole nitrogens is 1. The van der Waals surface area contributed by atoms with Gasteiger partial charge >= 0.3 is 0 Å². The SMILES string of the molecule is OC(Cl)c1ccc2cc[nH]c2c1. The molecule has 0 spiro atoms. The Morgan fingerprint density at radius 3 is 2.92 bits per heavy atom. The molecule has 2 nitrogen and oxygen atoms in total. The van der Waals surface area contributed by atoms with Gasteiger partial charge in [-0.1, -0.05) is 23.7 Å². The second-order valence-corrected chi connectivity index (χ2v) is 3.07. The van der Waals surface area contributed by atoms with Gasteiger partial charge in [-0.15, -0.1) is 0 Å². The van der Waals surface area contributed by atoms with Crippen LogP contribution in [-0.2, 0) is 0 Å². The third-order valence-electron chi connectivity index (χ3n) is 1.85. The lowest BCUT2D eigenvalue weighted by Crippen LogP contribution is -1.86. The Morgan fingerprint density at radius 1 is 1.33 bits per heavy atom. The van der Waals surface area contributed by atoms with Gasteiger partial charge in [-0.3, -0.25) is 0 Å². The highest BCUT2D eigenvalue weighted by molar-refractivity contribution is 6.19. The second-order valence-electron chi connectivity index (χ2n) is 2.66. The van der Waals surface area contributed by atoms with Crippen molar-refractivity contribution < 1.29 is 5.11 Å². The molecular formula is C9H8ClNO. The number of aromatic amines is 1. The molecule has 3 heteroatoms. The van der Waals surface area contributed by atoms with E-state index in [4.69, 9.17) is 16.7 Å². The van der Waals surface area contributed by atoms with Gasteiger partial charge in [-0.2, -0.15) is 0 Å². The summed E-state index contributed by atoms with van der Waals surface area (Å²) in [7, 11) is 0. The Morgan fingerprint density at radius 2 is 2.17 bits per heavy atom. The third kappa shape index (κ3) is 1.19. The van der Waals surface area contributed by atoms with Crippen LogP contribution in [0.4, 0.5) is 0 Å². The van der Waals surface area contributed by atoms with E-state index in [1.807, 2.05) is 30.5 Å². The van der Waals surface area contributed by atoms with Crippen LogP contribution in [0.5, 0.6) is 0 Å². The van der Waals surface area contributed by atoms with Gasteiger partial charge in [0.15, 0.2) is 5.56 Å². The smallest absolute Gasteiger partial charge is 0.153 e. The number of rotatable bonds is 1. The number of aromatic nitrogens is 1. The molecule has 12 heavy (non-hydrogen) atoms. The summed E-state index contributed by atoms with van der Waals surface area (Å²) >= 11 is 5.51. The van der Waals surface area contributed by atoms with Crippen molar-refractivity contribution in [3.8, 4) is 0 Å². The van der Waals surface area contributed by atoms with Gasteiger partial charge in [0.25, 0.3) is 0 Å². The highest BCUT2D eigenvalue weighted by Crippen LogP contribution is 2.21. The fourth-order valence-corrected chi connectivity index (χ4v) is 1.35. The summed E-state index contributed by atoms with van der Waals surface area (Å²) in [6.07, 6.45) is 1.86. The zero-order valence-electron chi connectivity index (χ0n) is 6.29. The van der Waals surface area contributed by atoms with Gasteiger partial charge in [0.1, 0.15) is 0 Å². The van der Waals surface area contributed by atoms with Gasteiger partial charge < -0.3 is 10.1 Å². The molecule has 0 saturated heterocycles. The molecule has 0 saturated carbocycles. The van der Waals surface area contributed by atoms with E-state index in [2.05, 4.69) is 4.98 Å². The van der Waals surface area contributed by atoms with Gasteiger partial charge in [0, 0.05) is 11.7 Å². The number of hydrogen-bond donors (Lipinski definition) is 2. The molecule has 62 valence electrons. The van der Waals surface area contributed by atoms with Crippen LogP contribution in [0.3, 0.4) is 0 Å². The Balaban J connectivity index is 2.60. The highest BCUT2D eigenvalue weighted by atomic mass is 35.5. The normalized spacial score (nSPS) is 13.5. The Kier molecular flexibility index (Phi) is 1.79. The van der Waals surface area contributed by atoms with Crippen LogP contribution < -0.4 is 0 Å². The lowest BCUT2D eigenvalue weighted by atomic mass is 10.2. The summed E-state index contributed by atoms with van der Waals surface area (Å²) in [5.41, 5.74) is 0.788. The molecule has 0 bridgehead atoms. The van der Waals surface area contributed by atoms with Crippen molar-refractivity contribution in [1.82, 2.24) is 4.98 Å². The molecule has 1 unspecified atom stereocenters. The fraction of sp³-hybridized carbons (Fsp3) is 0.111. The first-order valence-corrected chi connectivity index (χ1v) is 4.10. The van der Waals surface area contributed by atoms with Crippen LogP contribution in [-0.4, -0.2) is 10.1 Å². The van der Waals surface area contributed by atoms with Gasteiger partial charge in [-0.25, -0.2) is 0 Å². The van der Waals surface area contributed by atoms with E-state index >= 15 is 0 Å². The van der Waals surface area contributed by atoms with Crippen LogP contribution in [0.15, 0.2) is 30.5 Å². The lowest BCUT2D eigenvalue weighted by molar-refractivity contribution is 0.263. The van der Waals surface area contributed by atoms with Crippen LogP contribution in [0.25, 0.3) is 10.9 Å². The first kappa shape index (κ1) is 7.65. The number of benzene rings is 1. The van der Waals surface area contributed by atoms with Gasteiger partial charge in [-0.05, 0) is 23.1 Å². The van der Waals surface area contributed by atoms with E-state index in [-0.39, 0.29) is 0 Å². The number of hydrogen-bond acceptors (Lipinski definition) is 1. The van der Waals surface area contributed by atoms with Crippen molar-refractivity contribution in [3.63, 3.8) is 0 Å². The van der Waals surface area contributed by atoms with Crippen molar-refractivity contribution in [2.24, 2.45) is 0 Å². The number of fused-ring (bicyclic) bond motifs is 1. The molecule has 0 aliphatic carbocycles. The molecule has 0 aliphatic rings. The Hall–Kier alpha value is -0.990. The maximum atomic E-state index is 9.07. The predicted molar refractivity (Wildman–Crippen MR) is 49.1 cm³/mol. The van der Waals surface area contributed by atoms with Crippen molar-refractivity contribution in [1.29, 1.82) is 0 Å². The molecule has 1 aromatic heterocycles. The number of aliphatic hydroxyl groups is 1. The van der Waals surface area contributed by atoms with Crippen molar-refractivity contribution in [2.75, 3.05) is 0 Å². The van der Waals surface area contributed by atoms with E-state index in [1.165, 1.54) is 0 Å². The molecule has 1 aromatic carbocycles. The standard InChI is InChI=1S/C9H8ClNO/c10-9(12)7-2-1-6-3-4-11-8(6)5-7/h1-5,9,11-12H. The highest BCUT2D eigenvalue weighted by Gasteiger charge is 2.03. The van der Waals surface area contributed by atoms with Crippen LogP contribution >= 0.6 is 11.6 Å². The number of halogens is 1. The van der Waals surface area contributed by atoms with E-state index in [9.17, 15) is 0 Å². The monoisotopic (exact) mass is 181 g/mol. The Bertz CT molecular complexity index is 394. The maximum absolute atomic E-state index is 9.07. The minimum Gasteiger partial charge on any atom is -0.373 e. The molecular weight excluding hydrogens is 174 g/mol. The zero-order valence-corrected chi connectivity index (χ0v) is 7.05. The van der Waals surface area contributed by atoms with Crippen molar-refractivity contribution >= 4 is 22.5 Å². The van der Waals surface area contributed by atoms with Gasteiger partial charge in [0.05, 0.1) is 0 Å². The van der Waals surface area contributed by atoms with Crippen LogP contribution in [0, 0.1) is 0 Å². The van der Waals surface area contributed by atoms with Crippen molar-refractivity contribution in [2.45, 2.75) is 5.56 Å². The topological polar surface area (TPSA) is 36.0 Å². The van der Waals surface area contributed by atoms with Crippen LogP contribution in [0.2, 0.25) is 0 Å². The fourth-order valence-electron chi connectivity index (χ4n) is 1.21. The van der Waals surface area contributed by atoms with E-state index in [1.54, 1.807) is 0 Å². The molecule has 2 aromatic rings. The minimum absolute atomic E-state index is 0.714. The quantitative estimate of drug-likeness (QED) is 0.652. The van der Waals surface area contributed by atoms with Crippen molar-refractivity contribution in [3.05, 3.63) is 36.0 Å². The van der Waals surface area contributed by atoms with Gasteiger partial charge in [0.2, 0.25) is 0 Å². The molecule has 0 amide bonds. The molecule has 1 heterocycles. The summed E-state index contributed by atoms with van der Waals surface area (Å²) in [4.78, 5) is 3.05. The predicted octanol–water partition coefficient (Wildman–Crippen LogP) is 2.40. The summed E-state index contributed by atoms with van der Waals surface area (Å²) in [5.74, 6) is 0.